The van der Waals surface area contributed by atoms with Crippen molar-refractivity contribution in [1.82, 2.24) is 4.90 Å². The fourth-order valence-electron chi connectivity index (χ4n) is 2.04. The predicted octanol–water partition coefficient (Wildman–Crippen LogP) is 3.25. The molecule has 0 aliphatic heterocycles. The van der Waals surface area contributed by atoms with E-state index in [1.54, 1.807) is 6.07 Å². The Labute approximate surface area is 109 Å². The highest BCUT2D eigenvalue weighted by molar-refractivity contribution is 5.86. The molecule has 4 nitrogen and oxygen atoms in total. The van der Waals surface area contributed by atoms with Crippen LogP contribution in [-0.4, -0.2) is 31.1 Å². The number of hydrogen-bond acceptors (Lipinski definition) is 4. The molecular formula is C14H23NO3. The quantitative estimate of drug-likeness (QED) is 0.700. The molecule has 0 N–H and O–H groups in total. The van der Waals surface area contributed by atoms with Crippen LogP contribution in [0, 0.1) is 0 Å². The average molecular weight is 253 g/mol. The maximum absolute atomic E-state index is 11.3. The summed E-state index contributed by atoms with van der Waals surface area (Å²) < 4.78 is 10.2. The molecule has 0 saturated heterocycles. The Bertz CT molecular complexity index is 367. The molecule has 0 spiro atoms. The standard InChI is InChI=1S/C14H23NO3/c1-5-9-15(10-6-2)11(3)12-7-8-13(18-12)14(16)17-4/h7-8,11H,5-6,9-10H2,1-4H3. The van der Waals surface area contributed by atoms with Crippen molar-refractivity contribution in [3.8, 4) is 0 Å². The molecule has 1 rings (SSSR count). The summed E-state index contributed by atoms with van der Waals surface area (Å²) in [5.74, 6) is 0.663. The second-order valence-electron chi connectivity index (χ2n) is 4.41. The van der Waals surface area contributed by atoms with Gasteiger partial charge in [-0.25, -0.2) is 4.79 Å². The van der Waals surface area contributed by atoms with E-state index in [1.165, 1.54) is 7.11 Å². The normalized spacial score (nSPS) is 12.7. The first-order valence-corrected chi connectivity index (χ1v) is 6.56. The highest BCUT2D eigenvalue weighted by Crippen LogP contribution is 2.23. The Morgan fingerprint density at radius 3 is 2.44 bits per heavy atom. The molecule has 0 amide bonds. The molecule has 0 aliphatic carbocycles. The molecule has 1 atom stereocenters. The van der Waals surface area contributed by atoms with E-state index in [0.29, 0.717) is 0 Å². The Morgan fingerprint density at radius 2 is 1.94 bits per heavy atom. The molecule has 1 aromatic heterocycles. The van der Waals surface area contributed by atoms with Crippen molar-refractivity contribution in [2.24, 2.45) is 0 Å². The summed E-state index contributed by atoms with van der Waals surface area (Å²) in [4.78, 5) is 13.7. The van der Waals surface area contributed by atoms with Gasteiger partial charge in [-0.15, -0.1) is 0 Å². The molecule has 4 heteroatoms. The number of carbonyl (C=O) groups excluding carboxylic acids is 1. The lowest BCUT2D eigenvalue weighted by molar-refractivity contribution is 0.0558. The van der Waals surface area contributed by atoms with Crippen LogP contribution in [0.25, 0.3) is 0 Å². The number of ether oxygens (including phenoxy) is 1. The van der Waals surface area contributed by atoms with E-state index in [2.05, 4.69) is 30.4 Å². The summed E-state index contributed by atoms with van der Waals surface area (Å²) in [6.45, 7) is 8.49. The summed E-state index contributed by atoms with van der Waals surface area (Å²) in [6.07, 6.45) is 2.21. The topological polar surface area (TPSA) is 42.7 Å². The smallest absolute Gasteiger partial charge is 0.373 e. The summed E-state index contributed by atoms with van der Waals surface area (Å²) in [7, 11) is 1.36. The molecular weight excluding hydrogens is 230 g/mol. The van der Waals surface area contributed by atoms with Crippen LogP contribution in [0.1, 0.15) is 56.0 Å². The van der Waals surface area contributed by atoms with E-state index in [4.69, 9.17) is 4.42 Å². The van der Waals surface area contributed by atoms with Gasteiger partial charge in [0.25, 0.3) is 0 Å². The second kappa shape index (κ2) is 7.21. The van der Waals surface area contributed by atoms with Crippen LogP contribution in [-0.2, 0) is 4.74 Å². The lowest BCUT2D eigenvalue weighted by Gasteiger charge is -2.26. The first-order chi connectivity index (χ1) is 8.63. The van der Waals surface area contributed by atoms with E-state index in [1.807, 2.05) is 6.07 Å². The number of carbonyl (C=O) groups is 1. The minimum atomic E-state index is -0.425. The Balaban J connectivity index is 2.77. The van der Waals surface area contributed by atoms with Crippen LogP contribution >= 0.6 is 0 Å². The molecule has 1 aromatic rings. The van der Waals surface area contributed by atoms with E-state index < -0.39 is 5.97 Å². The number of rotatable bonds is 7. The number of furan rings is 1. The third-order valence-corrected chi connectivity index (χ3v) is 2.99. The fourth-order valence-corrected chi connectivity index (χ4v) is 2.04. The summed E-state index contributed by atoms with van der Waals surface area (Å²) in [5, 5.41) is 0. The zero-order chi connectivity index (χ0) is 13.5. The van der Waals surface area contributed by atoms with Gasteiger partial charge in [-0.05, 0) is 45.0 Å². The predicted molar refractivity (Wildman–Crippen MR) is 70.6 cm³/mol. The van der Waals surface area contributed by atoms with Crippen molar-refractivity contribution in [3.05, 3.63) is 23.7 Å². The highest BCUT2D eigenvalue weighted by Gasteiger charge is 2.19. The van der Waals surface area contributed by atoms with Crippen molar-refractivity contribution < 1.29 is 13.9 Å². The van der Waals surface area contributed by atoms with Crippen molar-refractivity contribution in [3.63, 3.8) is 0 Å². The van der Waals surface area contributed by atoms with Crippen LogP contribution in [0.2, 0.25) is 0 Å². The van der Waals surface area contributed by atoms with Gasteiger partial charge in [-0.3, -0.25) is 4.90 Å². The van der Waals surface area contributed by atoms with Gasteiger partial charge in [-0.2, -0.15) is 0 Å². The van der Waals surface area contributed by atoms with Crippen molar-refractivity contribution in [2.45, 2.75) is 39.7 Å². The van der Waals surface area contributed by atoms with Crippen molar-refractivity contribution in [2.75, 3.05) is 20.2 Å². The summed E-state index contributed by atoms with van der Waals surface area (Å²) >= 11 is 0. The molecule has 0 aromatic carbocycles. The molecule has 0 fully saturated rings. The van der Waals surface area contributed by atoms with Gasteiger partial charge in [0.1, 0.15) is 5.76 Å². The van der Waals surface area contributed by atoms with Crippen LogP contribution in [0.3, 0.4) is 0 Å². The maximum atomic E-state index is 11.3. The van der Waals surface area contributed by atoms with Crippen LogP contribution < -0.4 is 0 Å². The zero-order valence-electron chi connectivity index (χ0n) is 11.7. The van der Waals surface area contributed by atoms with Gasteiger partial charge in [0, 0.05) is 0 Å². The fraction of sp³-hybridized carbons (Fsp3) is 0.643. The number of methoxy groups -OCH3 is 1. The molecule has 1 heterocycles. The first-order valence-electron chi connectivity index (χ1n) is 6.56. The average Bonchev–Trinajstić information content (AvgIpc) is 2.86. The molecule has 102 valence electrons. The minimum Gasteiger partial charge on any atom is -0.463 e. The van der Waals surface area contributed by atoms with Crippen molar-refractivity contribution in [1.29, 1.82) is 0 Å². The number of esters is 1. The van der Waals surface area contributed by atoms with Gasteiger partial charge in [0.15, 0.2) is 0 Å². The van der Waals surface area contributed by atoms with E-state index in [-0.39, 0.29) is 11.8 Å². The molecule has 0 aliphatic rings. The van der Waals surface area contributed by atoms with E-state index >= 15 is 0 Å². The first kappa shape index (κ1) is 14.8. The third kappa shape index (κ3) is 3.60. The van der Waals surface area contributed by atoms with Gasteiger partial charge >= 0.3 is 5.97 Å². The summed E-state index contributed by atoms with van der Waals surface area (Å²) in [6, 6.07) is 3.71. The second-order valence-corrected chi connectivity index (χ2v) is 4.41. The molecule has 18 heavy (non-hydrogen) atoms. The Morgan fingerprint density at radius 1 is 1.33 bits per heavy atom. The monoisotopic (exact) mass is 253 g/mol. The Hall–Kier alpha value is -1.29. The van der Waals surface area contributed by atoms with Gasteiger partial charge in [0.2, 0.25) is 5.76 Å². The van der Waals surface area contributed by atoms with Crippen LogP contribution in [0.15, 0.2) is 16.5 Å². The zero-order valence-corrected chi connectivity index (χ0v) is 11.7. The minimum absolute atomic E-state index is 0.184. The molecule has 0 saturated carbocycles. The van der Waals surface area contributed by atoms with Crippen molar-refractivity contribution >= 4 is 5.97 Å². The Kier molecular flexibility index (Phi) is 5.92. The number of nitrogens with zero attached hydrogens (tertiary/aromatic N) is 1. The summed E-state index contributed by atoms with van der Waals surface area (Å²) in [5.41, 5.74) is 0. The largest absolute Gasteiger partial charge is 0.463 e. The molecule has 0 radical (unpaired) electrons. The van der Waals surface area contributed by atoms with E-state index in [0.717, 1.165) is 31.7 Å². The van der Waals surface area contributed by atoms with Gasteiger partial charge in [-0.1, -0.05) is 13.8 Å². The van der Waals surface area contributed by atoms with Gasteiger partial charge in [0.05, 0.1) is 13.2 Å². The van der Waals surface area contributed by atoms with Crippen LogP contribution in [0.4, 0.5) is 0 Å². The lowest BCUT2D eigenvalue weighted by Crippen LogP contribution is -2.28. The van der Waals surface area contributed by atoms with Crippen LogP contribution in [0.5, 0.6) is 0 Å². The highest BCUT2D eigenvalue weighted by atomic mass is 16.5. The maximum Gasteiger partial charge on any atom is 0.373 e. The SMILES string of the molecule is CCCN(CCC)C(C)c1ccc(C(=O)OC)o1. The third-order valence-electron chi connectivity index (χ3n) is 2.99. The lowest BCUT2D eigenvalue weighted by atomic mass is 10.2. The number of hydrogen-bond donors (Lipinski definition) is 0. The molecule has 0 bridgehead atoms. The molecule has 1 unspecified atom stereocenters. The van der Waals surface area contributed by atoms with Gasteiger partial charge < -0.3 is 9.15 Å². The van der Waals surface area contributed by atoms with E-state index in [9.17, 15) is 4.79 Å².